The van der Waals surface area contributed by atoms with Crippen LogP contribution in [0.15, 0.2) is 53.8 Å². The maximum atomic E-state index is 10.1. The van der Waals surface area contributed by atoms with Crippen molar-refractivity contribution in [2.24, 2.45) is 0 Å². The van der Waals surface area contributed by atoms with Crippen LogP contribution in [0.5, 0.6) is 0 Å². The number of pyridine rings is 1. The van der Waals surface area contributed by atoms with E-state index in [2.05, 4.69) is 86.7 Å². The minimum Gasteiger partial charge on any atom is -0.483 e. The van der Waals surface area contributed by atoms with Crippen molar-refractivity contribution in [3.63, 3.8) is 0 Å². The van der Waals surface area contributed by atoms with Crippen molar-refractivity contribution in [2.75, 3.05) is 38.0 Å². The first kappa shape index (κ1) is 37.8. The number of nitrogens with zero attached hydrogens (tertiary/aromatic N) is 6. The molecule has 0 radical (unpaired) electrons. The third-order valence-corrected chi connectivity index (χ3v) is 6.86. The van der Waals surface area contributed by atoms with Crippen LogP contribution in [0.2, 0.25) is 0 Å². The molecule has 2 aliphatic rings. The second kappa shape index (κ2) is 18.6. The number of carbonyl (C=O) groups excluding carboxylic acids is 1. The molecule has 1 aliphatic carbocycles. The van der Waals surface area contributed by atoms with E-state index in [9.17, 15) is 4.79 Å². The van der Waals surface area contributed by atoms with Crippen molar-refractivity contribution in [2.45, 2.75) is 85.8 Å². The average molecular weight is 632 g/mol. The summed E-state index contributed by atoms with van der Waals surface area (Å²) in [6.45, 7) is 21.3. The molecule has 1 saturated heterocycles. The van der Waals surface area contributed by atoms with E-state index in [1.807, 2.05) is 39.8 Å². The molecule has 11 heteroatoms. The maximum Gasteiger partial charge on any atom is 0.290 e. The Morgan fingerprint density at radius 1 is 1.11 bits per heavy atom. The van der Waals surface area contributed by atoms with Crippen LogP contribution in [0.4, 0.5) is 5.95 Å². The molecule has 0 saturated carbocycles. The summed E-state index contributed by atoms with van der Waals surface area (Å²) in [5, 5.41) is 10.2. The van der Waals surface area contributed by atoms with Gasteiger partial charge in [-0.1, -0.05) is 24.5 Å². The fourth-order valence-corrected chi connectivity index (χ4v) is 4.56. The van der Waals surface area contributed by atoms with Gasteiger partial charge in [0.15, 0.2) is 17.5 Å². The highest BCUT2D eigenvalue weighted by Gasteiger charge is 2.25. The quantitative estimate of drug-likeness (QED) is 0.185. The molecule has 11 nitrogen and oxygen atoms in total. The lowest BCUT2D eigenvalue weighted by Crippen LogP contribution is -2.53. The predicted molar refractivity (Wildman–Crippen MR) is 181 cm³/mol. The molecule has 0 aromatic carbocycles. The Labute approximate surface area is 273 Å². The third kappa shape index (κ3) is 14.2. The maximum absolute atomic E-state index is 10.1. The molecule has 2 aromatic rings. The molecular weight excluding hydrogens is 582 g/mol. The van der Waals surface area contributed by atoms with E-state index in [4.69, 9.17) is 14.6 Å². The summed E-state index contributed by atoms with van der Waals surface area (Å²) >= 11 is 0. The molecule has 2 N–H and O–H groups in total. The average Bonchev–Trinajstić information content (AvgIpc) is 3.00. The van der Waals surface area contributed by atoms with Gasteiger partial charge in [0, 0.05) is 55.6 Å². The lowest BCUT2D eigenvalue weighted by Gasteiger charge is -2.41. The largest absolute Gasteiger partial charge is 0.483 e. The van der Waals surface area contributed by atoms with Crippen LogP contribution in [-0.2, 0) is 14.3 Å². The third-order valence-electron chi connectivity index (χ3n) is 6.86. The summed E-state index contributed by atoms with van der Waals surface area (Å²) in [6.07, 6.45) is 10.3. The van der Waals surface area contributed by atoms with Crippen LogP contribution in [-0.4, -0.2) is 91.1 Å². The Bertz CT molecular complexity index is 1450. The van der Waals surface area contributed by atoms with Crippen molar-refractivity contribution < 1.29 is 19.4 Å². The number of piperazine rings is 1. The zero-order chi connectivity index (χ0) is 34.2. The predicted octanol–water partition coefficient (Wildman–Crippen LogP) is 5.36. The van der Waals surface area contributed by atoms with E-state index in [1.165, 1.54) is 11.9 Å². The van der Waals surface area contributed by atoms with Crippen LogP contribution >= 0.6 is 0 Å². The number of hydrogen-bond acceptors (Lipinski definition) is 10. The molecule has 0 amide bonds. The second-order valence-corrected chi connectivity index (χ2v) is 12.8. The van der Waals surface area contributed by atoms with Crippen LogP contribution in [0, 0.1) is 11.8 Å². The van der Waals surface area contributed by atoms with Gasteiger partial charge < -0.3 is 15.2 Å². The summed E-state index contributed by atoms with van der Waals surface area (Å²) < 4.78 is 5.23. The zero-order valence-corrected chi connectivity index (χ0v) is 28.6. The van der Waals surface area contributed by atoms with E-state index < -0.39 is 0 Å². The first-order valence-electron chi connectivity index (χ1n) is 15.5. The Hall–Kier alpha value is -4.36. The Balaban J connectivity index is 0.000000480. The molecule has 0 unspecified atom stereocenters. The minimum absolute atomic E-state index is 0.232. The highest BCUT2D eigenvalue weighted by atomic mass is 16.5. The van der Waals surface area contributed by atoms with E-state index in [1.54, 1.807) is 12.1 Å². The summed E-state index contributed by atoms with van der Waals surface area (Å²) in [6, 6.07) is 3.84. The number of nitrogens with one attached hydrogen (secondary N) is 1. The van der Waals surface area contributed by atoms with Gasteiger partial charge in [-0.05, 0) is 85.4 Å². The van der Waals surface area contributed by atoms with Crippen LogP contribution in [0.1, 0.15) is 80.3 Å². The number of aromatic nitrogens is 4. The zero-order valence-electron chi connectivity index (χ0n) is 28.6. The number of anilines is 1. The lowest BCUT2D eigenvalue weighted by molar-refractivity contribution is -0.122. The molecule has 4 rings (SSSR count). The summed E-state index contributed by atoms with van der Waals surface area (Å²) in [5.74, 6) is 9.79. The molecule has 2 aromatic heterocycles. The standard InChI is InChI=1S/C26H33N7.C8H14O2.CH2O2/c1-20-7-5-8-23(17-20)30-25-29-19-28-24(31-25)21-10-11-27-22(18-21)9-6-12-32-13-15-33(16-14-32)26(2,3)4;1-5-7(6-9)10-8(2,3)4;2-1-3/h8,10-11,17-19H,5,7,12-16H2,1-4H3,(H,28,29,30,31);5H2,1-4H3;1H,(H,2,3). The van der Waals surface area contributed by atoms with Crippen LogP contribution < -0.4 is 5.32 Å². The van der Waals surface area contributed by atoms with Crippen molar-refractivity contribution in [1.29, 1.82) is 0 Å². The number of ether oxygens (including phenoxy) is 1. The minimum atomic E-state index is -0.275. The van der Waals surface area contributed by atoms with Crippen molar-refractivity contribution in [1.82, 2.24) is 29.7 Å². The highest BCUT2D eigenvalue weighted by Crippen LogP contribution is 2.20. The van der Waals surface area contributed by atoms with Crippen LogP contribution in [0.25, 0.3) is 11.4 Å². The van der Waals surface area contributed by atoms with Gasteiger partial charge in [-0.15, -0.1) is 0 Å². The van der Waals surface area contributed by atoms with E-state index >= 15 is 0 Å². The smallest absolute Gasteiger partial charge is 0.290 e. The molecule has 3 heterocycles. The normalized spacial score (nSPS) is 15.1. The summed E-state index contributed by atoms with van der Waals surface area (Å²) in [7, 11) is 0. The highest BCUT2D eigenvalue weighted by molar-refractivity contribution is 5.58. The van der Waals surface area contributed by atoms with Gasteiger partial charge in [0.2, 0.25) is 5.95 Å². The molecule has 46 heavy (non-hydrogen) atoms. The number of carboxylic acid groups (broad SMARTS) is 1. The fourth-order valence-electron chi connectivity index (χ4n) is 4.56. The van der Waals surface area contributed by atoms with Crippen molar-refractivity contribution >= 4 is 18.4 Å². The van der Waals surface area contributed by atoms with Crippen LogP contribution in [0.3, 0.4) is 0 Å². The first-order valence-corrected chi connectivity index (χ1v) is 15.5. The summed E-state index contributed by atoms with van der Waals surface area (Å²) in [5.41, 5.74) is 3.94. The van der Waals surface area contributed by atoms with Gasteiger partial charge in [-0.2, -0.15) is 4.98 Å². The van der Waals surface area contributed by atoms with Gasteiger partial charge >= 0.3 is 0 Å². The van der Waals surface area contributed by atoms with E-state index in [-0.39, 0.29) is 17.6 Å². The van der Waals surface area contributed by atoms with Crippen molar-refractivity contribution in [3.8, 4) is 23.2 Å². The van der Waals surface area contributed by atoms with E-state index in [0.717, 1.165) is 62.5 Å². The lowest BCUT2D eigenvalue weighted by atomic mass is 10.1. The molecule has 1 fully saturated rings. The fraction of sp³-hybridized carbons (Fsp3) is 0.514. The van der Waals surface area contributed by atoms with E-state index in [0.29, 0.717) is 24.0 Å². The molecule has 0 atom stereocenters. The van der Waals surface area contributed by atoms with Gasteiger partial charge in [0.1, 0.15) is 17.6 Å². The monoisotopic (exact) mass is 631 g/mol. The Morgan fingerprint density at radius 2 is 1.80 bits per heavy atom. The SMILES string of the molecule is CC1=CC(Nc2ncnc(-c3ccnc(C#CCN4CCN(C(C)(C)C)CC4)c3)n2)=CCC1.CCC(=C=O)OC(C)(C)C.O=CO. The number of allylic oxidation sites excluding steroid dienone is 4. The number of hydrogen-bond donors (Lipinski definition) is 2. The molecule has 0 bridgehead atoms. The summed E-state index contributed by atoms with van der Waals surface area (Å²) in [4.78, 5) is 41.0. The molecule has 1 aliphatic heterocycles. The molecule has 248 valence electrons. The number of rotatable bonds is 6. The molecule has 0 spiro atoms. The van der Waals surface area contributed by atoms with Gasteiger partial charge in [-0.3, -0.25) is 14.6 Å². The Kier molecular flexibility index (Phi) is 15.3. The van der Waals surface area contributed by atoms with Gasteiger partial charge in [-0.25, -0.2) is 19.7 Å². The topological polar surface area (TPSA) is 134 Å². The van der Waals surface area contributed by atoms with Crippen molar-refractivity contribution in [3.05, 3.63) is 59.5 Å². The second-order valence-electron chi connectivity index (χ2n) is 12.8. The number of carbonyl (C=O) groups is 1. The van der Waals surface area contributed by atoms with Gasteiger partial charge in [0.05, 0.1) is 6.54 Å². The first-order chi connectivity index (χ1) is 21.8. The van der Waals surface area contributed by atoms with Gasteiger partial charge in [0.25, 0.3) is 6.47 Å². The Morgan fingerprint density at radius 3 is 2.37 bits per heavy atom. The molecular formula is C35H49N7O4.